The molecule has 0 radical (unpaired) electrons. The Hall–Kier alpha value is -0.890. The summed E-state index contributed by atoms with van der Waals surface area (Å²) in [5.74, 6) is 1.86. The van der Waals surface area contributed by atoms with Crippen LogP contribution in [0.3, 0.4) is 0 Å². The Morgan fingerprint density at radius 1 is 1.28 bits per heavy atom. The summed E-state index contributed by atoms with van der Waals surface area (Å²) in [7, 11) is 0. The van der Waals surface area contributed by atoms with Crippen LogP contribution in [-0.4, -0.2) is 11.6 Å². The summed E-state index contributed by atoms with van der Waals surface area (Å²) in [5.41, 5.74) is 4.10. The minimum Gasteiger partial charge on any atom is -0.375 e. The maximum absolute atomic E-state index is 5.70. The predicted octanol–water partition coefficient (Wildman–Crippen LogP) is 4.26. The summed E-state index contributed by atoms with van der Waals surface area (Å²) in [4.78, 5) is 4.57. The third-order valence-electron chi connectivity index (χ3n) is 3.95. The van der Waals surface area contributed by atoms with Crippen molar-refractivity contribution in [2.75, 3.05) is 6.61 Å². The van der Waals surface area contributed by atoms with Crippen molar-refractivity contribution < 1.29 is 4.74 Å². The highest BCUT2D eigenvalue weighted by molar-refractivity contribution is 5.36. The highest BCUT2D eigenvalue weighted by atomic mass is 16.5. The van der Waals surface area contributed by atoms with Crippen molar-refractivity contribution in [1.29, 1.82) is 0 Å². The zero-order chi connectivity index (χ0) is 13.1. The lowest BCUT2D eigenvalue weighted by Gasteiger charge is -2.29. The number of hydrogen-bond donors (Lipinski definition) is 0. The molecule has 0 N–H and O–H groups in total. The van der Waals surface area contributed by atoms with Crippen LogP contribution in [0.5, 0.6) is 0 Å². The first kappa shape index (κ1) is 13.5. The summed E-state index contributed by atoms with van der Waals surface area (Å²) in [6.45, 7) is 10.7. The quantitative estimate of drug-likeness (QED) is 0.779. The molecule has 1 aliphatic heterocycles. The summed E-state index contributed by atoms with van der Waals surface area (Å²) in [6, 6.07) is 2.19. The molecule has 100 valence electrons. The van der Waals surface area contributed by atoms with E-state index in [1.807, 2.05) is 6.20 Å². The Labute approximate surface area is 111 Å². The molecule has 0 fully saturated rings. The van der Waals surface area contributed by atoms with Crippen LogP contribution in [0.1, 0.15) is 69.2 Å². The summed E-state index contributed by atoms with van der Waals surface area (Å²) >= 11 is 0. The number of aromatic nitrogens is 1. The fourth-order valence-corrected chi connectivity index (χ4v) is 2.97. The molecule has 1 atom stereocenters. The average molecular weight is 247 g/mol. The largest absolute Gasteiger partial charge is 0.375 e. The molecule has 0 bridgehead atoms. The highest BCUT2D eigenvalue weighted by Crippen LogP contribution is 2.37. The number of hydrogen-bond acceptors (Lipinski definition) is 2. The van der Waals surface area contributed by atoms with E-state index in [9.17, 15) is 0 Å². The van der Waals surface area contributed by atoms with Gasteiger partial charge < -0.3 is 4.74 Å². The number of rotatable bonds is 2. The van der Waals surface area contributed by atoms with Gasteiger partial charge in [0, 0.05) is 12.8 Å². The predicted molar refractivity (Wildman–Crippen MR) is 74.8 cm³/mol. The molecule has 0 spiro atoms. The first-order chi connectivity index (χ1) is 8.61. The molecule has 1 aromatic rings. The Bertz CT molecular complexity index is 398. The average Bonchev–Trinajstić information content (AvgIpc) is 2.28. The van der Waals surface area contributed by atoms with Crippen LogP contribution in [-0.2, 0) is 11.3 Å². The lowest BCUT2D eigenvalue weighted by molar-refractivity contribution is 0.105. The van der Waals surface area contributed by atoms with Gasteiger partial charge >= 0.3 is 0 Å². The van der Waals surface area contributed by atoms with Crippen LogP contribution >= 0.6 is 0 Å². The second kappa shape index (κ2) is 5.83. The van der Waals surface area contributed by atoms with Gasteiger partial charge in [-0.05, 0) is 47.8 Å². The van der Waals surface area contributed by atoms with Gasteiger partial charge in [-0.1, -0.05) is 27.7 Å². The molecule has 0 aromatic carbocycles. The van der Waals surface area contributed by atoms with Gasteiger partial charge in [-0.25, -0.2) is 0 Å². The maximum atomic E-state index is 5.70. The molecule has 18 heavy (non-hydrogen) atoms. The van der Waals surface area contributed by atoms with Gasteiger partial charge in [0.25, 0.3) is 0 Å². The number of ether oxygens (including phenoxy) is 1. The van der Waals surface area contributed by atoms with E-state index in [-0.39, 0.29) is 0 Å². The summed E-state index contributed by atoms with van der Waals surface area (Å²) < 4.78 is 5.70. The van der Waals surface area contributed by atoms with E-state index in [4.69, 9.17) is 4.74 Å². The highest BCUT2D eigenvalue weighted by Gasteiger charge is 2.25. The van der Waals surface area contributed by atoms with Crippen molar-refractivity contribution in [2.24, 2.45) is 5.92 Å². The maximum Gasteiger partial charge on any atom is 0.0890 e. The van der Waals surface area contributed by atoms with Gasteiger partial charge in [0.1, 0.15) is 0 Å². The van der Waals surface area contributed by atoms with Crippen LogP contribution in [0.4, 0.5) is 0 Å². The van der Waals surface area contributed by atoms with Crippen LogP contribution in [0, 0.1) is 5.92 Å². The number of nitrogens with zero attached hydrogens (tertiary/aromatic N) is 1. The number of fused-ring (bicyclic) bond motifs is 1. The smallest absolute Gasteiger partial charge is 0.0890 e. The molecule has 0 amide bonds. The summed E-state index contributed by atoms with van der Waals surface area (Å²) in [6.07, 6.45) is 4.32. The normalized spacial score (nSPS) is 20.7. The van der Waals surface area contributed by atoms with Crippen molar-refractivity contribution >= 4 is 0 Å². The molecular formula is C16H25NO. The van der Waals surface area contributed by atoms with Gasteiger partial charge in [-0.2, -0.15) is 0 Å². The van der Waals surface area contributed by atoms with Gasteiger partial charge in [0.15, 0.2) is 0 Å². The topological polar surface area (TPSA) is 22.1 Å². The lowest BCUT2D eigenvalue weighted by atomic mass is 9.79. The molecule has 1 unspecified atom stereocenters. The number of pyridine rings is 1. The minimum atomic E-state index is 0.558. The SMILES string of the molecule is CC(C)c1ccnc2c1C(C(C)C)CCCOC2. The van der Waals surface area contributed by atoms with Crippen molar-refractivity contribution in [1.82, 2.24) is 4.98 Å². The van der Waals surface area contributed by atoms with E-state index in [1.165, 1.54) is 23.2 Å². The molecule has 1 aromatic heterocycles. The van der Waals surface area contributed by atoms with Crippen molar-refractivity contribution in [3.8, 4) is 0 Å². The van der Waals surface area contributed by atoms with E-state index >= 15 is 0 Å². The zero-order valence-corrected chi connectivity index (χ0v) is 12.1. The summed E-state index contributed by atoms with van der Waals surface area (Å²) in [5, 5.41) is 0. The van der Waals surface area contributed by atoms with Gasteiger partial charge in [0.05, 0.1) is 12.3 Å². The zero-order valence-electron chi connectivity index (χ0n) is 12.1. The molecule has 2 nitrogen and oxygen atoms in total. The van der Waals surface area contributed by atoms with Gasteiger partial charge in [-0.15, -0.1) is 0 Å². The molecule has 0 aliphatic carbocycles. The van der Waals surface area contributed by atoms with Crippen molar-refractivity contribution in [2.45, 2.75) is 59.0 Å². The first-order valence-corrected chi connectivity index (χ1v) is 7.16. The van der Waals surface area contributed by atoms with Crippen LogP contribution in [0.2, 0.25) is 0 Å². The van der Waals surface area contributed by atoms with Crippen molar-refractivity contribution in [3.63, 3.8) is 0 Å². The van der Waals surface area contributed by atoms with E-state index in [1.54, 1.807) is 0 Å². The van der Waals surface area contributed by atoms with E-state index in [0.29, 0.717) is 24.4 Å². The third-order valence-corrected chi connectivity index (χ3v) is 3.95. The molecule has 2 rings (SSSR count). The molecule has 0 saturated carbocycles. The Morgan fingerprint density at radius 3 is 2.72 bits per heavy atom. The van der Waals surface area contributed by atoms with E-state index in [0.717, 1.165) is 13.0 Å². The molecule has 2 heterocycles. The van der Waals surface area contributed by atoms with Gasteiger partial charge in [0.2, 0.25) is 0 Å². The molecule has 2 heteroatoms. The monoisotopic (exact) mass is 247 g/mol. The molecule has 0 saturated heterocycles. The van der Waals surface area contributed by atoms with Crippen LogP contribution in [0.15, 0.2) is 12.3 Å². The first-order valence-electron chi connectivity index (χ1n) is 7.16. The van der Waals surface area contributed by atoms with Gasteiger partial charge in [-0.3, -0.25) is 4.98 Å². The fraction of sp³-hybridized carbons (Fsp3) is 0.688. The van der Waals surface area contributed by atoms with E-state index in [2.05, 4.69) is 38.7 Å². The second-order valence-electron chi connectivity index (χ2n) is 5.96. The lowest BCUT2D eigenvalue weighted by Crippen LogP contribution is -2.18. The fourth-order valence-electron chi connectivity index (χ4n) is 2.97. The van der Waals surface area contributed by atoms with Crippen LogP contribution < -0.4 is 0 Å². The standard InChI is InChI=1S/C16H25NO/c1-11(2)13-6-5-9-18-10-15-16(13)14(12(3)4)7-8-17-15/h7-8,11-13H,5-6,9-10H2,1-4H3. The minimum absolute atomic E-state index is 0.558. The molecule has 1 aliphatic rings. The molecular weight excluding hydrogens is 222 g/mol. The van der Waals surface area contributed by atoms with Crippen molar-refractivity contribution in [3.05, 3.63) is 29.1 Å². The Balaban J connectivity index is 2.51. The second-order valence-corrected chi connectivity index (χ2v) is 5.96. The Kier molecular flexibility index (Phi) is 4.39. The Morgan fingerprint density at radius 2 is 2.06 bits per heavy atom. The van der Waals surface area contributed by atoms with Crippen LogP contribution in [0.25, 0.3) is 0 Å². The third kappa shape index (κ3) is 2.74. The van der Waals surface area contributed by atoms with E-state index < -0.39 is 0 Å².